The molecule has 3 aromatic heterocycles. The Morgan fingerprint density at radius 1 is 1.22 bits per heavy atom. The van der Waals surface area contributed by atoms with Crippen LogP contribution in [0.5, 0.6) is 0 Å². The molecule has 0 spiro atoms. The van der Waals surface area contributed by atoms with Crippen LogP contribution in [0, 0.1) is 0 Å². The zero-order chi connectivity index (χ0) is 15.6. The molecule has 3 heterocycles. The van der Waals surface area contributed by atoms with Crippen molar-refractivity contribution in [2.75, 3.05) is 18.5 Å². The van der Waals surface area contributed by atoms with E-state index in [1.54, 1.807) is 12.5 Å². The first-order valence-electron chi connectivity index (χ1n) is 7.62. The van der Waals surface area contributed by atoms with E-state index in [0.29, 0.717) is 0 Å². The maximum absolute atomic E-state index is 5.98. The maximum Gasteiger partial charge on any atom is 0.196 e. The number of benzene rings is 1. The molecule has 0 saturated carbocycles. The van der Waals surface area contributed by atoms with Crippen LogP contribution in [0.1, 0.15) is 6.42 Å². The molecule has 0 fully saturated rings. The zero-order valence-electron chi connectivity index (χ0n) is 12.9. The molecule has 0 saturated heterocycles. The average Bonchev–Trinajstić information content (AvgIpc) is 3.21. The summed E-state index contributed by atoms with van der Waals surface area (Å²) in [5, 5.41) is 1.03. The lowest BCUT2D eigenvalue weighted by Gasteiger charge is -2.17. The molecule has 6 nitrogen and oxygen atoms in total. The average molecular weight is 307 g/mol. The number of aromatic nitrogens is 4. The van der Waals surface area contributed by atoms with Crippen molar-refractivity contribution < 1.29 is 4.42 Å². The predicted molar refractivity (Wildman–Crippen MR) is 89.4 cm³/mol. The maximum atomic E-state index is 5.98. The molecule has 0 N–H and O–H groups in total. The van der Waals surface area contributed by atoms with E-state index in [1.165, 1.54) is 0 Å². The standard InChI is InChI=1S/C17H17N5O/c1-21(8-4-9-22-10-7-18-12-22)17-16-15(19-11-20-17)13-5-2-3-6-14(13)23-16/h2-3,5-7,10-12H,4,8-9H2,1H3. The molecule has 0 bridgehead atoms. The third-order valence-corrected chi connectivity index (χ3v) is 3.97. The van der Waals surface area contributed by atoms with Crippen LogP contribution in [0.4, 0.5) is 5.82 Å². The van der Waals surface area contributed by atoms with E-state index < -0.39 is 0 Å². The largest absolute Gasteiger partial charge is 0.450 e. The smallest absolute Gasteiger partial charge is 0.196 e. The summed E-state index contributed by atoms with van der Waals surface area (Å²) in [6.07, 6.45) is 8.21. The van der Waals surface area contributed by atoms with Gasteiger partial charge in [0.25, 0.3) is 0 Å². The second kappa shape index (κ2) is 5.72. The molecule has 6 heteroatoms. The minimum absolute atomic E-state index is 0.749. The number of fused-ring (bicyclic) bond motifs is 3. The van der Waals surface area contributed by atoms with Gasteiger partial charge in [-0.15, -0.1) is 0 Å². The molecule has 0 aliphatic heterocycles. The first-order valence-corrected chi connectivity index (χ1v) is 7.62. The third kappa shape index (κ3) is 2.52. The Hall–Kier alpha value is -2.89. The van der Waals surface area contributed by atoms with Gasteiger partial charge < -0.3 is 13.9 Å². The lowest BCUT2D eigenvalue weighted by atomic mass is 10.2. The van der Waals surface area contributed by atoms with Crippen molar-refractivity contribution in [3.05, 3.63) is 49.3 Å². The van der Waals surface area contributed by atoms with Crippen molar-refractivity contribution in [1.82, 2.24) is 19.5 Å². The highest BCUT2D eigenvalue weighted by Crippen LogP contribution is 2.31. The third-order valence-electron chi connectivity index (χ3n) is 3.97. The fourth-order valence-corrected chi connectivity index (χ4v) is 2.80. The Labute approximate surface area is 133 Å². The first kappa shape index (κ1) is 13.8. The Kier molecular flexibility index (Phi) is 3.42. The number of nitrogens with zero attached hydrogens (tertiary/aromatic N) is 5. The molecule has 23 heavy (non-hydrogen) atoms. The number of hydrogen-bond acceptors (Lipinski definition) is 5. The van der Waals surface area contributed by atoms with Crippen LogP contribution in [0.2, 0.25) is 0 Å². The summed E-state index contributed by atoms with van der Waals surface area (Å²) < 4.78 is 8.05. The van der Waals surface area contributed by atoms with Gasteiger partial charge in [0.05, 0.1) is 6.33 Å². The van der Waals surface area contributed by atoms with Gasteiger partial charge >= 0.3 is 0 Å². The van der Waals surface area contributed by atoms with Gasteiger partial charge in [0.15, 0.2) is 11.4 Å². The quantitative estimate of drug-likeness (QED) is 0.567. The van der Waals surface area contributed by atoms with Crippen LogP contribution < -0.4 is 4.90 Å². The summed E-state index contributed by atoms with van der Waals surface area (Å²) in [4.78, 5) is 15.0. The Balaban J connectivity index is 1.60. The summed E-state index contributed by atoms with van der Waals surface area (Å²) in [6.45, 7) is 1.81. The molecular formula is C17H17N5O. The number of aryl methyl sites for hydroxylation is 1. The van der Waals surface area contributed by atoms with Gasteiger partial charge in [0, 0.05) is 37.9 Å². The molecule has 4 aromatic rings. The number of para-hydroxylation sites is 1. The summed E-state index contributed by atoms with van der Waals surface area (Å²) in [7, 11) is 2.03. The lowest BCUT2D eigenvalue weighted by Crippen LogP contribution is -2.21. The van der Waals surface area contributed by atoms with Crippen LogP contribution >= 0.6 is 0 Å². The summed E-state index contributed by atoms with van der Waals surface area (Å²) in [5.41, 5.74) is 2.46. The van der Waals surface area contributed by atoms with E-state index in [0.717, 1.165) is 47.4 Å². The molecule has 0 radical (unpaired) electrons. The Morgan fingerprint density at radius 2 is 2.13 bits per heavy atom. The van der Waals surface area contributed by atoms with Crippen LogP contribution in [0.3, 0.4) is 0 Å². The first-order chi connectivity index (χ1) is 11.3. The molecule has 4 rings (SSSR count). The lowest BCUT2D eigenvalue weighted by molar-refractivity contribution is 0.629. The highest BCUT2D eigenvalue weighted by Gasteiger charge is 2.15. The zero-order valence-corrected chi connectivity index (χ0v) is 12.9. The van der Waals surface area contributed by atoms with Crippen LogP contribution in [-0.2, 0) is 6.54 Å². The van der Waals surface area contributed by atoms with Gasteiger partial charge in [-0.05, 0) is 18.6 Å². The van der Waals surface area contributed by atoms with Crippen molar-refractivity contribution in [2.45, 2.75) is 13.0 Å². The highest BCUT2D eigenvalue weighted by atomic mass is 16.3. The number of furan rings is 1. The number of rotatable bonds is 5. The van der Waals surface area contributed by atoms with Gasteiger partial charge in [0.1, 0.15) is 17.4 Å². The number of anilines is 1. The van der Waals surface area contributed by atoms with Gasteiger partial charge in [-0.3, -0.25) is 0 Å². The number of imidazole rings is 1. The molecular weight excluding hydrogens is 290 g/mol. The predicted octanol–water partition coefficient (Wildman–Crippen LogP) is 3.10. The normalized spacial score (nSPS) is 11.3. The second-order valence-corrected chi connectivity index (χ2v) is 5.55. The minimum atomic E-state index is 0.749. The molecule has 0 atom stereocenters. The van der Waals surface area contributed by atoms with Crippen molar-refractivity contribution in [1.29, 1.82) is 0 Å². The molecule has 0 amide bonds. The van der Waals surface area contributed by atoms with Crippen LogP contribution in [0.25, 0.3) is 22.1 Å². The van der Waals surface area contributed by atoms with E-state index >= 15 is 0 Å². The van der Waals surface area contributed by atoms with Gasteiger partial charge in [-0.1, -0.05) is 12.1 Å². The topological polar surface area (TPSA) is 60.0 Å². The minimum Gasteiger partial charge on any atom is -0.450 e. The highest BCUT2D eigenvalue weighted by molar-refractivity contribution is 6.05. The van der Waals surface area contributed by atoms with E-state index in [2.05, 4.69) is 24.4 Å². The molecule has 1 aromatic carbocycles. The van der Waals surface area contributed by atoms with Crippen LogP contribution in [0.15, 0.2) is 53.7 Å². The summed E-state index contributed by atoms with van der Waals surface area (Å²) in [5.74, 6) is 0.830. The summed E-state index contributed by atoms with van der Waals surface area (Å²) in [6, 6.07) is 7.94. The van der Waals surface area contributed by atoms with Crippen molar-refractivity contribution >= 4 is 27.9 Å². The SMILES string of the molecule is CN(CCCn1ccnc1)c1ncnc2c1oc1ccccc12. The van der Waals surface area contributed by atoms with Gasteiger partial charge in [-0.25, -0.2) is 15.0 Å². The molecule has 0 aliphatic rings. The monoisotopic (exact) mass is 307 g/mol. The molecule has 0 unspecified atom stereocenters. The summed E-state index contributed by atoms with van der Waals surface area (Å²) >= 11 is 0. The molecule has 116 valence electrons. The Bertz CT molecular complexity index is 929. The van der Waals surface area contributed by atoms with E-state index in [4.69, 9.17) is 4.42 Å². The van der Waals surface area contributed by atoms with Crippen molar-refractivity contribution in [3.63, 3.8) is 0 Å². The van der Waals surface area contributed by atoms with Crippen LogP contribution in [-0.4, -0.2) is 33.1 Å². The van der Waals surface area contributed by atoms with Gasteiger partial charge in [-0.2, -0.15) is 0 Å². The van der Waals surface area contributed by atoms with Crippen molar-refractivity contribution in [2.24, 2.45) is 0 Å². The number of hydrogen-bond donors (Lipinski definition) is 0. The van der Waals surface area contributed by atoms with Crippen molar-refractivity contribution in [3.8, 4) is 0 Å². The van der Waals surface area contributed by atoms with Gasteiger partial charge in [0.2, 0.25) is 0 Å². The molecule has 0 aliphatic carbocycles. The fraction of sp³-hybridized carbons (Fsp3) is 0.235. The Morgan fingerprint density at radius 3 is 3.00 bits per heavy atom. The van der Waals surface area contributed by atoms with E-state index in [1.807, 2.05) is 43.8 Å². The van der Waals surface area contributed by atoms with E-state index in [9.17, 15) is 0 Å². The second-order valence-electron chi connectivity index (χ2n) is 5.55. The fourth-order valence-electron chi connectivity index (χ4n) is 2.80. The van der Waals surface area contributed by atoms with E-state index in [-0.39, 0.29) is 0 Å².